The molecule has 9 heavy (non-hydrogen) atoms. The van der Waals surface area contributed by atoms with Crippen LogP contribution in [0.3, 0.4) is 0 Å². The molecule has 0 heterocycles. The van der Waals surface area contributed by atoms with E-state index in [1.54, 1.807) is 7.05 Å². The molecule has 0 atom stereocenters. The van der Waals surface area contributed by atoms with Gasteiger partial charge in [0.05, 0.1) is 12.3 Å². The number of hydrogen-bond donors (Lipinski definition) is 1. The molecule has 0 radical (unpaired) electrons. The summed E-state index contributed by atoms with van der Waals surface area (Å²) in [6.07, 6.45) is 4.95. The van der Waals surface area contributed by atoms with Crippen molar-refractivity contribution < 1.29 is 4.79 Å². The third kappa shape index (κ3) is 3.04. The minimum absolute atomic E-state index is 0.0451. The molecule has 0 fully saturated rings. The summed E-state index contributed by atoms with van der Waals surface area (Å²) in [6, 6.07) is 0. The van der Waals surface area contributed by atoms with Gasteiger partial charge in [0.15, 0.2) is 0 Å². The molecule has 0 unspecified atom stereocenters. The molecule has 3 heteroatoms. The average Bonchev–Trinajstić information content (AvgIpc) is 1.87. The van der Waals surface area contributed by atoms with Gasteiger partial charge < -0.3 is 4.90 Å². The fourth-order valence-corrected chi connectivity index (χ4v) is 0.587. The molecule has 1 amide bonds. The van der Waals surface area contributed by atoms with Gasteiger partial charge in [-0.3, -0.25) is 4.79 Å². The molecule has 0 spiro atoms. The van der Waals surface area contributed by atoms with Crippen LogP contribution in [-0.2, 0) is 4.79 Å². The van der Waals surface area contributed by atoms with E-state index in [9.17, 15) is 4.79 Å². The van der Waals surface area contributed by atoms with Gasteiger partial charge in [0.25, 0.3) is 0 Å². The second kappa shape index (κ2) is 4.28. The highest BCUT2D eigenvalue weighted by atomic mass is 32.1. The van der Waals surface area contributed by atoms with E-state index in [1.165, 1.54) is 4.90 Å². The molecule has 0 aromatic carbocycles. The lowest BCUT2D eigenvalue weighted by Crippen LogP contribution is -2.27. The van der Waals surface area contributed by atoms with Gasteiger partial charge in [-0.1, -0.05) is 5.92 Å². The second-order valence-electron chi connectivity index (χ2n) is 1.61. The number of hydrogen-bond acceptors (Lipinski definition) is 2. The zero-order valence-electron chi connectivity index (χ0n) is 5.29. The van der Waals surface area contributed by atoms with Crippen molar-refractivity contribution in [1.82, 2.24) is 4.90 Å². The quantitative estimate of drug-likeness (QED) is 0.426. The molecule has 0 aliphatic carbocycles. The monoisotopic (exact) mass is 143 g/mol. The van der Waals surface area contributed by atoms with Crippen molar-refractivity contribution in [3.05, 3.63) is 0 Å². The maximum atomic E-state index is 10.7. The van der Waals surface area contributed by atoms with E-state index >= 15 is 0 Å². The molecule has 0 saturated carbocycles. The highest BCUT2D eigenvalue weighted by molar-refractivity contribution is 7.81. The summed E-state index contributed by atoms with van der Waals surface area (Å²) in [5.41, 5.74) is 0. The Labute approximate surface area is 60.6 Å². The molecule has 0 aromatic heterocycles. The summed E-state index contributed by atoms with van der Waals surface area (Å²) in [6.45, 7) is 0.361. The Morgan fingerprint density at radius 3 is 2.78 bits per heavy atom. The Morgan fingerprint density at radius 1 is 1.89 bits per heavy atom. The van der Waals surface area contributed by atoms with E-state index in [0.717, 1.165) is 0 Å². The van der Waals surface area contributed by atoms with E-state index in [-0.39, 0.29) is 11.7 Å². The summed E-state index contributed by atoms with van der Waals surface area (Å²) in [5.74, 6) is 2.53. The first-order valence-electron chi connectivity index (χ1n) is 2.50. The van der Waals surface area contributed by atoms with Crippen LogP contribution in [0.2, 0.25) is 0 Å². The van der Waals surface area contributed by atoms with Crippen molar-refractivity contribution in [2.45, 2.75) is 0 Å². The van der Waals surface area contributed by atoms with Gasteiger partial charge in [0.2, 0.25) is 5.91 Å². The first kappa shape index (κ1) is 8.38. The zero-order chi connectivity index (χ0) is 7.28. The molecule has 0 aliphatic heterocycles. The normalized spacial score (nSPS) is 8.11. The van der Waals surface area contributed by atoms with E-state index in [4.69, 9.17) is 6.42 Å². The minimum Gasteiger partial charge on any atom is -0.334 e. The number of amides is 1. The molecule has 0 rings (SSSR count). The summed E-state index contributed by atoms with van der Waals surface area (Å²) in [5, 5.41) is 0. The first-order valence-corrected chi connectivity index (χ1v) is 3.14. The van der Waals surface area contributed by atoms with Crippen LogP contribution >= 0.6 is 12.6 Å². The SMILES string of the molecule is C#CCN(C)C(=O)CS. The fraction of sp³-hybridized carbons (Fsp3) is 0.500. The number of carbonyl (C=O) groups excluding carboxylic acids is 1. The Balaban J connectivity index is 3.62. The van der Waals surface area contributed by atoms with Crippen LogP contribution in [0, 0.1) is 12.3 Å². The van der Waals surface area contributed by atoms with Gasteiger partial charge in [-0.05, 0) is 0 Å². The van der Waals surface area contributed by atoms with E-state index in [1.807, 2.05) is 0 Å². The number of carbonyl (C=O) groups is 1. The molecular weight excluding hydrogens is 134 g/mol. The number of nitrogens with zero attached hydrogens (tertiary/aromatic N) is 1. The molecule has 0 aromatic rings. The lowest BCUT2D eigenvalue weighted by Gasteiger charge is -2.10. The van der Waals surface area contributed by atoms with E-state index in [0.29, 0.717) is 6.54 Å². The average molecular weight is 143 g/mol. The molecule has 0 bridgehead atoms. The lowest BCUT2D eigenvalue weighted by atomic mass is 10.5. The standard InChI is InChI=1S/C6H9NOS/c1-3-4-7(2)6(8)5-9/h1,9H,4-5H2,2H3. The molecule has 0 N–H and O–H groups in total. The van der Waals surface area contributed by atoms with Crippen molar-refractivity contribution in [2.75, 3.05) is 19.3 Å². The van der Waals surface area contributed by atoms with Crippen LogP contribution in [-0.4, -0.2) is 30.2 Å². The largest absolute Gasteiger partial charge is 0.334 e. The zero-order valence-corrected chi connectivity index (χ0v) is 6.19. The van der Waals surface area contributed by atoms with Crippen molar-refractivity contribution in [3.63, 3.8) is 0 Å². The van der Waals surface area contributed by atoms with Crippen molar-refractivity contribution >= 4 is 18.5 Å². The third-order valence-electron chi connectivity index (χ3n) is 0.889. The van der Waals surface area contributed by atoms with E-state index in [2.05, 4.69) is 18.5 Å². The summed E-state index contributed by atoms with van der Waals surface area (Å²) in [4.78, 5) is 12.1. The van der Waals surface area contributed by atoms with Gasteiger partial charge in [-0.2, -0.15) is 12.6 Å². The third-order valence-corrected chi connectivity index (χ3v) is 1.16. The van der Waals surface area contributed by atoms with Crippen LogP contribution < -0.4 is 0 Å². The fourth-order valence-electron chi connectivity index (χ4n) is 0.346. The van der Waals surface area contributed by atoms with Crippen molar-refractivity contribution in [3.8, 4) is 12.3 Å². The van der Waals surface area contributed by atoms with Gasteiger partial charge in [0.1, 0.15) is 0 Å². The Bertz CT molecular complexity index is 138. The summed E-state index contributed by atoms with van der Waals surface area (Å²) in [7, 11) is 1.65. The van der Waals surface area contributed by atoms with Crippen LogP contribution in [0.4, 0.5) is 0 Å². The molecule has 0 saturated heterocycles. The molecule has 2 nitrogen and oxygen atoms in total. The van der Waals surface area contributed by atoms with Crippen LogP contribution in [0.25, 0.3) is 0 Å². The Morgan fingerprint density at radius 2 is 2.44 bits per heavy atom. The van der Waals surface area contributed by atoms with Crippen molar-refractivity contribution in [1.29, 1.82) is 0 Å². The first-order chi connectivity index (χ1) is 4.22. The maximum Gasteiger partial charge on any atom is 0.232 e. The van der Waals surface area contributed by atoms with Crippen molar-refractivity contribution in [2.24, 2.45) is 0 Å². The number of terminal acetylenes is 1. The molecular formula is C6H9NOS. The Kier molecular flexibility index (Phi) is 3.98. The number of rotatable bonds is 2. The van der Waals surface area contributed by atoms with Gasteiger partial charge in [-0.25, -0.2) is 0 Å². The number of thiol groups is 1. The molecule has 50 valence electrons. The summed E-state index contributed by atoms with van der Waals surface area (Å²) >= 11 is 3.79. The maximum absolute atomic E-state index is 10.7. The topological polar surface area (TPSA) is 20.3 Å². The lowest BCUT2D eigenvalue weighted by molar-refractivity contribution is -0.126. The van der Waals surface area contributed by atoms with Gasteiger partial charge in [0, 0.05) is 7.05 Å². The highest BCUT2D eigenvalue weighted by Crippen LogP contribution is 1.84. The van der Waals surface area contributed by atoms with Gasteiger partial charge >= 0.3 is 0 Å². The predicted molar refractivity (Wildman–Crippen MR) is 40.3 cm³/mol. The second-order valence-corrected chi connectivity index (χ2v) is 1.93. The smallest absolute Gasteiger partial charge is 0.232 e. The van der Waals surface area contributed by atoms with E-state index < -0.39 is 0 Å². The molecule has 0 aliphatic rings. The van der Waals surface area contributed by atoms with Crippen LogP contribution in [0.15, 0.2) is 0 Å². The van der Waals surface area contributed by atoms with Crippen LogP contribution in [0.5, 0.6) is 0 Å². The van der Waals surface area contributed by atoms with Gasteiger partial charge in [-0.15, -0.1) is 6.42 Å². The minimum atomic E-state index is -0.0451. The predicted octanol–water partition coefficient (Wildman–Crippen LogP) is 0.00780. The Hall–Kier alpha value is -0.620. The highest BCUT2D eigenvalue weighted by Gasteiger charge is 2.01. The summed E-state index contributed by atoms with van der Waals surface area (Å²) < 4.78 is 0. The van der Waals surface area contributed by atoms with Crippen LogP contribution in [0.1, 0.15) is 0 Å².